The number of ether oxygens (including phenoxy) is 1. The zero-order chi connectivity index (χ0) is 25.5. The lowest BCUT2D eigenvalue weighted by Gasteiger charge is -2.30. The van der Waals surface area contributed by atoms with Gasteiger partial charge in [-0.05, 0) is 36.9 Å². The lowest BCUT2D eigenvalue weighted by atomic mass is 10.2. The van der Waals surface area contributed by atoms with Crippen LogP contribution in [0.15, 0.2) is 30.3 Å². The summed E-state index contributed by atoms with van der Waals surface area (Å²) in [5, 5.41) is 5.09. The fourth-order valence-electron chi connectivity index (χ4n) is 3.56. The van der Waals surface area contributed by atoms with Crippen LogP contribution in [0.2, 0.25) is 4.34 Å². The summed E-state index contributed by atoms with van der Waals surface area (Å²) in [5.41, 5.74) is 0.119. The number of amides is 3. The van der Waals surface area contributed by atoms with Gasteiger partial charge < -0.3 is 20.3 Å². The molecule has 1 saturated heterocycles. The minimum Gasteiger partial charge on any atom is -0.370 e. The molecule has 3 amide bonds. The maximum atomic E-state index is 14.7. The first-order valence-electron chi connectivity index (χ1n) is 10.7. The van der Waals surface area contributed by atoms with Crippen LogP contribution >= 0.6 is 22.9 Å². The number of carbonyl (C=O) groups excluding carboxylic acids is 3. The number of halogens is 4. The summed E-state index contributed by atoms with van der Waals surface area (Å²) in [6.07, 6.45) is -2.71. The van der Waals surface area contributed by atoms with Gasteiger partial charge in [0, 0.05) is 18.8 Å². The molecule has 0 aliphatic carbocycles. The molecule has 2 aromatic rings. The molecular weight excluding hydrogens is 509 g/mol. The van der Waals surface area contributed by atoms with Gasteiger partial charge in [-0.1, -0.05) is 18.5 Å². The fraction of sp³-hybridized carbons (Fsp3) is 0.409. The van der Waals surface area contributed by atoms with Crippen molar-refractivity contribution in [2.45, 2.75) is 19.4 Å². The van der Waals surface area contributed by atoms with E-state index in [9.17, 15) is 27.6 Å². The van der Waals surface area contributed by atoms with E-state index in [-0.39, 0.29) is 50.1 Å². The van der Waals surface area contributed by atoms with Gasteiger partial charge in [0.1, 0.15) is 18.5 Å². The number of benzene rings is 1. The summed E-state index contributed by atoms with van der Waals surface area (Å²) in [7, 11) is 0. The highest BCUT2D eigenvalue weighted by Gasteiger charge is 2.29. The minimum absolute atomic E-state index is 0.0441. The van der Waals surface area contributed by atoms with Gasteiger partial charge >= 0.3 is 0 Å². The van der Waals surface area contributed by atoms with Crippen molar-refractivity contribution in [2.75, 3.05) is 49.6 Å². The number of alkyl halides is 2. The molecule has 1 aliphatic heterocycles. The molecule has 190 valence electrons. The Morgan fingerprint density at radius 3 is 2.66 bits per heavy atom. The Morgan fingerprint density at radius 2 is 2.06 bits per heavy atom. The predicted octanol–water partition coefficient (Wildman–Crippen LogP) is 3.23. The molecule has 1 aromatic carbocycles. The Bertz CT molecular complexity index is 1070. The Labute approximate surface area is 209 Å². The average Bonchev–Trinajstić information content (AvgIpc) is 3.25. The first-order valence-corrected chi connectivity index (χ1v) is 11.9. The van der Waals surface area contributed by atoms with Crippen molar-refractivity contribution in [1.82, 2.24) is 10.2 Å². The summed E-state index contributed by atoms with van der Waals surface area (Å²) >= 11 is 6.88. The zero-order valence-electron chi connectivity index (χ0n) is 18.7. The molecule has 8 nitrogen and oxygen atoms in total. The first kappa shape index (κ1) is 26.9. The number of thiophene rings is 1. The Hall–Kier alpha value is -2.67. The van der Waals surface area contributed by atoms with Crippen molar-refractivity contribution in [1.29, 1.82) is 0 Å². The Morgan fingerprint density at radius 1 is 1.29 bits per heavy atom. The Balaban J connectivity index is 1.74. The number of rotatable bonds is 10. The standard InChI is InChI=1S/C22H24ClF3N4O4S/c1-2-29(11-19(25)26)16(10-27-22(33)17-5-6-18(23)35-17)21(32)28-13-3-4-15(14(24)9-13)30-7-8-34-12-20(30)31/h3-6,9,16,19H,2,7-8,10-12H2,1H3,(H,27,33)(H,28,32)/t16-/m0/s1. The topological polar surface area (TPSA) is 91.0 Å². The van der Waals surface area contributed by atoms with Gasteiger partial charge in [0.15, 0.2) is 0 Å². The van der Waals surface area contributed by atoms with Crippen molar-refractivity contribution in [3.63, 3.8) is 0 Å². The number of hydrogen-bond acceptors (Lipinski definition) is 6. The molecule has 0 saturated carbocycles. The molecule has 3 rings (SSSR count). The van der Waals surface area contributed by atoms with Gasteiger partial charge in [-0.2, -0.15) is 0 Å². The number of morpholine rings is 1. The molecule has 35 heavy (non-hydrogen) atoms. The van der Waals surface area contributed by atoms with E-state index in [1.165, 1.54) is 28.0 Å². The molecule has 0 unspecified atom stereocenters. The zero-order valence-corrected chi connectivity index (χ0v) is 20.3. The van der Waals surface area contributed by atoms with Gasteiger partial charge in [0.2, 0.25) is 5.91 Å². The number of nitrogens with one attached hydrogen (secondary N) is 2. The molecular formula is C22H24ClF3N4O4S. The molecule has 1 atom stereocenters. The van der Waals surface area contributed by atoms with Gasteiger partial charge in [-0.25, -0.2) is 13.2 Å². The molecule has 1 aromatic heterocycles. The van der Waals surface area contributed by atoms with Gasteiger partial charge in [0.25, 0.3) is 18.2 Å². The highest BCUT2D eigenvalue weighted by atomic mass is 35.5. The smallest absolute Gasteiger partial charge is 0.261 e. The molecule has 0 radical (unpaired) electrons. The molecule has 2 N–H and O–H groups in total. The molecule has 0 bridgehead atoms. The Kier molecular flexibility index (Phi) is 9.49. The van der Waals surface area contributed by atoms with Crippen LogP contribution in [0.25, 0.3) is 0 Å². The van der Waals surface area contributed by atoms with Crippen LogP contribution in [0, 0.1) is 5.82 Å². The maximum Gasteiger partial charge on any atom is 0.261 e. The third-order valence-electron chi connectivity index (χ3n) is 5.27. The van der Waals surface area contributed by atoms with Crippen LogP contribution < -0.4 is 15.5 Å². The first-order chi connectivity index (χ1) is 16.7. The van der Waals surface area contributed by atoms with Crippen LogP contribution in [0.1, 0.15) is 16.6 Å². The van der Waals surface area contributed by atoms with Crippen LogP contribution in [0.5, 0.6) is 0 Å². The average molecular weight is 533 g/mol. The third kappa shape index (κ3) is 7.17. The van der Waals surface area contributed by atoms with E-state index in [1.807, 2.05) is 0 Å². The van der Waals surface area contributed by atoms with E-state index in [4.69, 9.17) is 16.3 Å². The summed E-state index contributed by atoms with van der Waals surface area (Å²) in [6, 6.07) is 5.70. The maximum absolute atomic E-state index is 14.7. The van der Waals surface area contributed by atoms with E-state index in [2.05, 4.69) is 10.6 Å². The predicted molar refractivity (Wildman–Crippen MR) is 127 cm³/mol. The molecule has 1 fully saturated rings. The van der Waals surface area contributed by atoms with Crippen LogP contribution in [0.4, 0.5) is 24.5 Å². The molecule has 2 heterocycles. The van der Waals surface area contributed by atoms with Gasteiger partial charge in [-0.3, -0.25) is 19.3 Å². The van der Waals surface area contributed by atoms with Crippen molar-refractivity contribution < 1.29 is 32.3 Å². The lowest BCUT2D eigenvalue weighted by molar-refractivity contribution is -0.125. The highest BCUT2D eigenvalue weighted by Crippen LogP contribution is 2.25. The van der Waals surface area contributed by atoms with Gasteiger partial charge in [-0.15, -0.1) is 11.3 Å². The number of carbonyl (C=O) groups is 3. The summed E-state index contributed by atoms with van der Waals surface area (Å²) in [5.74, 6) is -2.33. The van der Waals surface area contributed by atoms with Crippen LogP contribution in [-0.2, 0) is 14.3 Å². The lowest BCUT2D eigenvalue weighted by Crippen LogP contribution is -2.52. The number of hydrogen-bond donors (Lipinski definition) is 2. The van der Waals surface area contributed by atoms with Crippen LogP contribution in [-0.4, -0.2) is 74.5 Å². The molecule has 1 aliphatic rings. The van der Waals surface area contributed by atoms with Crippen molar-refractivity contribution in [3.05, 3.63) is 45.4 Å². The minimum atomic E-state index is -2.71. The summed E-state index contributed by atoms with van der Waals surface area (Å²) < 4.78 is 46.4. The van der Waals surface area contributed by atoms with E-state index in [0.717, 1.165) is 17.4 Å². The van der Waals surface area contributed by atoms with Gasteiger partial charge in [0.05, 0.1) is 28.1 Å². The fourth-order valence-corrected chi connectivity index (χ4v) is 4.52. The second-order valence-corrected chi connectivity index (χ2v) is 9.28. The van der Waals surface area contributed by atoms with E-state index >= 15 is 0 Å². The van der Waals surface area contributed by atoms with Crippen molar-refractivity contribution in [3.8, 4) is 0 Å². The molecule has 0 spiro atoms. The quantitative estimate of drug-likeness (QED) is 0.490. The highest BCUT2D eigenvalue weighted by molar-refractivity contribution is 7.18. The van der Waals surface area contributed by atoms with Crippen molar-refractivity contribution >= 4 is 52.0 Å². The third-order valence-corrected chi connectivity index (χ3v) is 6.50. The van der Waals surface area contributed by atoms with Crippen molar-refractivity contribution in [2.24, 2.45) is 0 Å². The SMILES string of the molecule is CCN(CC(F)F)[C@@H](CNC(=O)c1ccc(Cl)s1)C(=O)Nc1ccc(N2CCOCC2=O)c(F)c1. The normalized spacial score (nSPS) is 14.9. The van der Waals surface area contributed by atoms with E-state index in [0.29, 0.717) is 9.21 Å². The summed E-state index contributed by atoms with van der Waals surface area (Å²) in [4.78, 5) is 40.2. The number of likely N-dealkylation sites (N-methyl/N-ethyl adjacent to an activating group) is 1. The van der Waals surface area contributed by atoms with Crippen LogP contribution in [0.3, 0.4) is 0 Å². The van der Waals surface area contributed by atoms with E-state index in [1.54, 1.807) is 13.0 Å². The largest absolute Gasteiger partial charge is 0.370 e. The second-order valence-electron chi connectivity index (χ2n) is 7.56. The molecule has 13 heteroatoms. The number of nitrogens with zero attached hydrogens (tertiary/aromatic N) is 2. The number of anilines is 2. The van der Waals surface area contributed by atoms with E-state index < -0.39 is 36.6 Å². The second kappa shape index (κ2) is 12.3. The monoisotopic (exact) mass is 532 g/mol. The summed E-state index contributed by atoms with van der Waals surface area (Å²) in [6.45, 7) is 1.07.